The zero-order valence-electron chi connectivity index (χ0n) is 15.1. The number of para-hydroxylation sites is 1. The number of furan rings is 1. The molecule has 0 bridgehead atoms. The number of benzene rings is 4. The fraction of sp³-hybridized carbons (Fsp3) is 0.0400. The molecule has 2 heteroatoms. The van der Waals surface area contributed by atoms with Gasteiger partial charge in [0.25, 0.3) is 0 Å². The van der Waals surface area contributed by atoms with Crippen LogP contribution in [0, 0.1) is 6.92 Å². The number of nitrogens with zero attached hydrogens (tertiary/aromatic N) is 1. The first-order valence-electron chi connectivity index (χ1n) is 9.13. The van der Waals surface area contributed by atoms with Crippen molar-refractivity contribution in [2.75, 3.05) is 4.90 Å². The second-order valence-corrected chi connectivity index (χ2v) is 6.74. The molecule has 4 aromatic carbocycles. The van der Waals surface area contributed by atoms with E-state index in [0.29, 0.717) is 0 Å². The van der Waals surface area contributed by atoms with Crippen LogP contribution in [-0.4, -0.2) is 0 Å². The van der Waals surface area contributed by atoms with Crippen molar-refractivity contribution >= 4 is 38.8 Å². The molecule has 0 amide bonds. The molecule has 1 aromatic heterocycles. The Hall–Kier alpha value is -3.52. The van der Waals surface area contributed by atoms with E-state index in [0.717, 1.165) is 22.8 Å². The molecule has 0 fully saturated rings. The van der Waals surface area contributed by atoms with E-state index in [-0.39, 0.29) is 0 Å². The van der Waals surface area contributed by atoms with Crippen LogP contribution < -0.4 is 4.90 Å². The van der Waals surface area contributed by atoms with Crippen molar-refractivity contribution < 1.29 is 4.42 Å². The second kappa shape index (κ2) is 6.33. The Bertz CT molecular complexity index is 1240. The summed E-state index contributed by atoms with van der Waals surface area (Å²) < 4.78 is 5.92. The van der Waals surface area contributed by atoms with Crippen LogP contribution in [0.25, 0.3) is 21.5 Å². The summed E-state index contributed by atoms with van der Waals surface area (Å²) in [6, 6.07) is 31.8. The van der Waals surface area contributed by atoms with Crippen LogP contribution in [0.1, 0.15) is 5.56 Å². The molecule has 2 nitrogen and oxygen atoms in total. The van der Waals surface area contributed by atoms with Crippen LogP contribution in [0.4, 0.5) is 17.3 Å². The maximum absolute atomic E-state index is 5.92. The molecular formula is C25H19NO. The number of aryl methyl sites for hydroxylation is 1. The standard InChI is InChI=1S/C25H19NO/c1-18-15-16-27-25(18)26(20-10-3-2-4-11-20)24-17-19-9-5-6-12-21(19)22-13-7-8-14-23(22)24/h2-17H,1H3. The Kier molecular flexibility index (Phi) is 3.68. The van der Waals surface area contributed by atoms with Gasteiger partial charge in [0.15, 0.2) is 0 Å². The molecular weight excluding hydrogens is 330 g/mol. The summed E-state index contributed by atoms with van der Waals surface area (Å²) in [5.41, 5.74) is 3.31. The maximum Gasteiger partial charge on any atom is 0.207 e. The van der Waals surface area contributed by atoms with Gasteiger partial charge in [-0.05, 0) is 47.3 Å². The third-order valence-electron chi connectivity index (χ3n) is 5.04. The number of hydrogen-bond acceptors (Lipinski definition) is 2. The molecule has 0 aliphatic heterocycles. The van der Waals surface area contributed by atoms with Crippen molar-refractivity contribution in [2.45, 2.75) is 6.92 Å². The maximum atomic E-state index is 5.92. The first-order chi connectivity index (χ1) is 13.3. The minimum atomic E-state index is 0.849. The number of hydrogen-bond donors (Lipinski definition) is 0. The molecule has 130 valence electrons. The number of fused-ring (bicyclic) bond motifs is 3. The first kappa shape index (κ1) is 15.7. The molecule has 1 heterocycles. The topological polar surface area (TPSA) is 16.4 Å². The Morgan fingerprint density at radius 2 is 1.33 bits per heavy atom. The van der Waals surface area contributed by atoms with Crippen molar-refractivity contribution in [1.29, 1.82) is 0 Å². The number of rotatable bonds is 3. The lowest BCUT2D eigenvalue weighted by atomic mass is 9.99. The van der Waals surface area contributed by atoms with Gasteiger partial charge in [-0.15, -0.1) is 0 Å². The lowest BCUT2D eigenvalue weighted by Gasteiger charge is -2.25. The summed E-state index contributed by atoms with van der Waals surface area (Å²) in [7, 11) is 0. The molecule has 0 radical (unpaired) electrons. The van der Waals surface area contributed by atoms with Crippen molar-refractivity contribution in [3.8, 4) is 0 Å². The normalized spacial score (nSPS) is 11.1. The van der Waals surface area contributed by atoms with Gasteiger partial charge in [-0.2, -0.15) is 0 Å². The van der Waals surface area contributed by atoms with Crippen molar-refractivity contribution in [1.82, 2.24) is 0 Å². The Morgan fingerprint density at radius 3 is 2.07 bits per heavy atom. The summed E-state index contributed by atoms with van der Waals surface area (Å²) in [6.45, 7) is 2.08. The van der Waals surface area contributed by atoms with Gasteiger partial charge in [0, 0.05) is 16.6 Å². The van der Waals surface area contributed by atoms with Gasteiger partial charge in [-0.1, -0.05) is 66.7 Å². The monoisotopic (exact) mass is 349 g/mol. The molecule has 27 heavy (non-hydrogen) atoms. The van der Waals surface area contributed by atoms with Crippen molar-refractivity contribution in [3.63, 3.8) is 0 Å². The SMILES string of the molecule is Cc1ccoc1N(c1ccccc1)c1cc2ccccc2c2ccccc12. The molecule has 0 saturated heterocycles. The first-order valence-corrected chi connectivity index (χ1v) is 9.13. The van der Waals surface area contributed by atoms with Gasteiger partial charge < -0.3 is 4.42 Å². The van der Waals surface area contributed by atoms with Gasteiger partial charge >= 0.3 is 0 Å². The predicted octanol–water partition coefficient (Wildman–Crippen LogP) is 7.36. The Morgan fingerprint density at radius 1 is 0.667 bits per heavy atom. The predicted molar refractivity (Wildman–Crippen MR) is 113 cm³/mol. The fourth-order valence-corrected chi connectivity index (χ4v) is 3.76. The molecule has 0 saturated carbocycles. The van der Waals surface area contributed by atoms with Gasteiger partial charge in [0.2, 0.25) is 5.88 Å². The highest BCUT2D eigenvalue weighted by Gasteiger charge is 2.20. The number of anilines is 3. The minimum Gasteiger partial charge on any atom is -0.448 e. The van der Waals surface area contributed by atoms with E-state index in [1.54, 1.807) is 6.26 Å². The van der Waals surface area contributed by atoms with E-state index in [2.05, 4.69) is 90.7 Å². The van der Waals surface area contributed by atoms with Gasteiger partial charge in [-0.25, -0.2) is 0 Å². The Balaban J connectivity index is 1.89. The van der Waals surface area contributed by atoms with Crippen LogP contribution in [0.3, 0.4) is 0 Å². The molecule has 0 aliphatic carbocycles. The van der Waals surface area contributed by atoms with E-state index in [4.69, 9.17) is 4.42 Å². The second-order valence-electron chi connectivity index (χ2n) is 6.74. The molecule has 0 atom stereocenters. The van der Waals surface area contributed by atoms with E-state index < -0.39 is 0 Å². The van der Waals surface area contributed by atoms with E-state index in [9.17, 15) is 0 Å². The summed E-state index contributed by atoms with van der Waals surface area (Å²) in [4.78, 5) is 2.21. The van der Waals surface area contributed by atoms with Crippen molar-refractivity contribution in [2.24, 2.45) is 0 Å². The van der Waals surface area contributed by atoms with Gasteiger partial charge in [0.05, 0.1) is 12.0 Å². The largest absolute Gasteiger partial charge is 0.448 e. The zero-order valence-corrected chi connectivity index (χ0v) is 15.1. The molecule has 0 spiro atoms. The van der Waals surface area contributed by atoms with Crippen molar-refractivity contribution in [3.05, 3.63) is 103 Å². The Labute approximate surface area is 158 Å². The minimum absolute atomic E-state index is 0.849. The summed E-state index contributed by atoms with van der Waals surface area (Å²) in [5.74, 6) is 0.849. The quantitative estimate of drug-likeness (QED) is 0.316. The molecule has 5 aromatic rings. The molecule has 0 N–H and O–H groups in total. The highest BCUT2D eigenvalue weighted by molar-refractivity contribution is 6.14. The van der Waals surface area contributed by atoms with Gasteiger partial charge in [0.1, 0.15) is 0 Å². The van der Waals surface area contributed by atoms with Crippen LogP contribution in [0.15, 0.2) is 102 Å². The molecule has 0 aliphatic rings. The summed E-state index contributed by atoms with van der Waals surface area (Å²) >= 11 is 0. The molecule has 5 rings (SSSR count). The van der Waals surface area contributed by atoms with E-state index >= 15 is 0 Å². The third-order valence-corrected chi connectivity index (χ3v) is 5.04. The lowest BCUT2D eigenvalue weighted by molar-refractivity contribution is 0.572. The highest BCUT2D eigenvalue weighted by Crippen LogP contribution is 2.42. The van der Waals surface area contributed by atoms with Gasteiger partial charge in [-0.3, -0.25) is 4.90 Å². The molecule has 0 unspecified atom stereocenters. The average molecular weight is 349 g/mol. The van der Waals surface area contributed by atoms with Crippen LogP contribution in [0.5, 0.6) is 0 Å². The zero-order chi connectivity index (χ0) is 18.2. The van der Waals surface area contributed by atoms with E-state index in [1.165, 1.54) is 21.5 Å². The highest BCUT2D eigenvalue weighted by atomic mass is 16.3. The fourth-order valence-electron chi connectivity index (χ4n) is 3.76. The lowest BCUT2D eigenvalue weighted by Crippen LogP contribution is -2.10. The average Bonchev–Trinajstić information content (AvgIpc) is 3.15. The third kappa shape index (κ3) is 2.58. The summed E-state index contributed by atoms with van der Waals surface area (Å²) in [6.07, 6.45) is 1.75. The van der Waals surface area contributed by atoms with Crippen LogP contribution in [0.2, 0.25) is 0 Å². The summed E-state index contributed by atoms with van der Waals surface area (Å²) in [5, 5.41) is 4.93. The van der Waals surface area contributed by atoms with Crippen LogP contribution >= 0.6 is 0 Å². The van der Waals surface area contributed by atoms with Crippen LogP contribution in [-0.2, 0) is 0 Å². The van der Waals surface area contributed by atoms with E-state index in [1.807, 2.05) is 12.1 Å². The smallest absolute Gasteiger partial charge is 0.207 e.